The fourth-order valence-electron chi connectivity index (χ4n) is 5.02. The second-order valence-corrected chi connectivity index (χ2v) is 13.1. The standard InChI is InChI=1S/C29H36N3O5SSi/c1-19(18-29(5,37-39)28(2,3)4)32(25-15-16-26(35-7)30-27(25)36-8)38(33,34)20-13-14-24-22(17-20)21-11-9-10-12-23(21)31(24)6/h9-17,19H,18H2,1-8H3. The van der Waals surface area contributed by atoms with Crippen LogP contribution in [0.25, 0.3) is 21.8 Å². The SMILES string of the molecule is COc1ccc(N(C(C)CC(C)(O[Si])C(C)(C)C)S(=O)(=O)c2ccc3c(c2)c2ccccc2n3C)c(OC)n1. The molecule has 8 nitrogen and oxygen atoms in total. The Labute approximate surface area is 234 Å². The maximum Gasteiger partial charge on any atom is 0.264 e. The number of methoxy groups -OCH3 is 2. The number of nitrogens with zero attached hydrogens (tertiary/aromatic N) is 3. The molecule has 0 amide bonds. The summed E-state index contributed by atoms with van der Waals surface area (Å²) in [4.78, 5) is 4.56. The highest BCUT2D eigenvalue weighted by Gasteiger charge is 2.42. The van der Waals surface area contributed by atoms with Crippen molar-refractivity contribution < 1.29 is 22.3 Å². The minimum Gasteiger partial charge on any atom is -0.481 e. The Morgan fingerprint density at radius 3 is 2.26 bits per heavy atom. The average Bonchev–Trinajstić information content (AvgIpc) is 3.19. The zero-order chi connectivity index (χ0) is 28.8. The topological polar surface area (TPSA) is 82.9 Å². The Morgan fingerprint density at radius 2 is 1.64 bits per heavy atom. The fourth-order valence-corrected chi connectivity index (χ4v) is 7.09. The predicted molar refractivity (Wildman–Crippen MR) is 156 cm³/mol. The number of hydrogen-bond donors (Lipinski definition) is 0. The molecule has 2 unspecified atom stereocenters. The fraction of sp³-hybridized carbons (Fsp3) is 0.414. The molecular weight excluding hydrogens is 530 g/mol. The number of rotatable bonds is 9. The largest absolute Gasteiger partial charge is 0.481 e. The summed E-state index contributed by atoms with van der Waals surface area (Å²) in [6.45, 7) is 10.0. The zero-order valence-corrected chi connectivity index (χ0v) is 25.6. The first-order valence-electron chi connectivity index (χ1n) is 12.7. The van der Waals surface area contributed by atoms with E-state index in [1.807, 2.05) is 51.2 Å². The van der Waals surface area contributed by atoms with Crippen LogP contribution in [0.15, 0.2) is 59.5 Å². The van der Waals surface area contributed by atoms with Gasteiger partial charge in [0.15, 0.2) is 0 Å². The van der Waals surface area contributed by atoms with Crippen LogP contribution in [-0.2, 0) is 21.5 Å². The van der Waals surface area contributed by atoms with Crippen LogP contribution in [0.4, 0.5) is 5.69 Å². The van der Waals surface area contributed by atoms with E-state index in [0.29, 0.717) is 18.0 Å². The van der Waals surface area contributed by atoms with Crippen molar-refractivity contribution in [2.75, 3.05) is 18.5 Å². The maximum absolute atomic E-state index is 14.6. The summed E-state index contributed by atoms with van der Waals surface area (Å²) in [6, 6.07) is 16.0. The van der Waals surface area contributed by atoms with Crippen molar-refractivity contribution in [2.45, 2.75) is 57.6 Å². The molecule has 4 rings (SSSR count). The molecule has 0 spiro atoms. The highest BCUT2D eigenvalue weighted by atomic mass is 32.2. The molecule has 2 atom stereocenters. The minimum atomic E-state index is -4.09. The summed E-state index contributed by atoms with van der Waals surface area (Å²) in [5, 5.41) is 1.85. The van der Waals surface area contributed by atoms with Gasteiger partial charge >= 0.3 is 0 Å². The molecule has 207 valence electrons. The van der Waals surface area contributed by atoms with Gasteiger partial charge in [-0.25, -0.2) is 8.42 Å². The Balaban J connectivity index is 1.93. The van der Waals surface area contributed by atoms with Crippen LogP contribution in [-0.4, -0.2) is 54.3 Å². The predicted octanol–water partition coefficient (Wildman–Crippen LogP) is 5.62. The van der Waals surface area contributed by atoms with Gasteiger partial charge in [-0.3, -0.25) is 4.31 Å². The monoisotopic (exact) mass is 566 g/mol. The number of aromatic nitrogens is 2. The first-order valence-corrected chi connectivity index (χ1v) is 14.6. The molecule has 0 saturated heterocycles. The van der Waals surface area contributed by atoms with Crippen molar-refractivity contribution in [1.82, 2.24) is 9.55 Å². The third-order valence-electron chi connectivity index (χ3n) is 7.79. The van der Waals surface area contributed by atoms with E-state index >= 15 is 0 Å². The van der Waals surface area contributed by atoms with Gasteiger partial charge in [0, 0.05) is 41.0 Å². The van der Waals surface area contributed by atoms with E-state index in [1.54, 1.807) is 24.3 Å². The van der Waals surface area contributed by atoms with Crippen LogP contribution in [0.2, 0.25) is 0 Å². The molecule has 0 fully saturated rings. The number of benzene rings is 2. The molecule has 4 aromatic rings. The zero-order valence-electron chi connectivity index (χ0n) is 23.8. The van der Waals surface area contributed by atoms with E-state index < -0.39 is 21.7 Å². The van der Waals surface area contributed by atoms with Crippen molar-refractivity contribution >= 4 is 48.0 Å². The molecule has 10 heteroatoms. The molecule has 2 heterocycles. The second-order valence-electron chi connectivity index (χ2n) is 11.1. The van der Waals surface area contributed by atoms with Crippen LogP contribution >= 0.6 is 0 Å². The molecule has 0 bridgehead atoms. The molecule has 39 heavy (non-hydrogen) atoms. The molecule has 0 aliphatic carbocycles. The lowest BCUT2D eigenvalue weighted by molar-refractivity contribution is -0.0210. The van der Waals surface area contributed by atoms with Gasteiger partial charge in [-0.1, -0.05) is 39.0 Å². The number of hydrogen-bond acceptors (Lipinski definition) is 6. The van der Waals surface area contributed by atoms with Crippen molar-refractivity contribution in [3.8, 4) is 11.8 Å². The molecule has 0 aliphatic heterocycles. The Bertz CT molecular complexity index is 1610. The lowest BCUT2D eigenvalue weighted by Gasteiger charge is -2.44. The van der Waals surface area contributed by atoms with Crippen LogP contribution in [0.3, 0.4) is 0 Å². The molecule has 2 aromatic heterocycles. The smallest absolute Gasteiger partial charge is 0.264 e. The number of pyridine rings is 1. The first-order chi connectivity index (χ1) is 18.3. The first kappa shape index (κ1) is 28.9. The average molecular weight is 567 g/mol. The van der Waals surface area contributed by atoms with Crippen LogP contribution in [0.5, 0.6) is 11.8 Å². The van der Waals surface area contributed by atoms with Crippen LogP contribution in [0, 0.1) is 5.41 Å². The van der Waals surface area contributed by atoms with Gasteiger partial charge in [-0.2, -0.15) is 4.98 Å². The minimum absolute atomic E-state index is 0.146. The lowest BCUT2D eigenvalue weighted by Crippen LogP contribution is -2.49. The Kier molecular flexibility index (Phi) is 7.77. The molecular formula is C29H36N3O5SSi. The van der Waals surface area contributed by atoms with E-state index in [-0.39, 0.29) is 16.2 Å². The van der Waals surface area contributed by atoms with Crippen LogP contribution < -0.4 is 13.8 Å². The summed E-state index contributed by atoms with van der Waals surface area (Å²) in [5.41, 5.74) is 1.29. The van der Waals surface area contributed by atoms with Gasteiger partial charge in [-0.15, -0.1) is 0 Å². The second kappa shape index (κ2) is 10.5. The van der Waals surface area contributed by atoms with E-state index in [2.05, 4.69) is 40.8 Å². The summed E-state index contributed by atoms with van der Waals surface area (Å²) < 4.78 is 49.2. The number of para-hydroxylation sites is 1. The van der Waals surface area contributed by atoms with E-state index in [4.69, 9.17) is 13.9 Å². The number of fused-ring (bicyclic) bond motifs is 3. The summed E-state index contributed by atoms with van der Waals surface area (Å²) in [7, 11) is 4.12. The van der Waals surface area contributed by atoms with Gasteiger partial charge in [0.1, 0.15) is 5.69 Å². The van der Waals surface area contributed by atoms with Gasteiger partial charge in [0.2, 0.25) is 22.2 Å². The highest BCUT2D eigenvalue weighted by Crippen LogP contribution is 2.42. The van der Waals surface area contributed by atoms with Crippen molar-refractivity contribution in [3.05, 3.63) is 54.6 Å². The van der Waals surface area contributed by atoms with Crippen molar-refractivity contribution in [1.29, 1.82) is 0 Å². The lowest BCUT2D eigenvalue weighted by atomic mass is 9.74. The number of ether oxygens (including phenoxy) is 2. The molecule has 0 N–H and O–H groups in total. The van der Waals surface area contributed by atoms with Gasteiger partial charge in [-0.05, 0) is 56.0 Å². The maximum atomic E-state index is 14.6. The third kappa shape index (κ3) is 5.01. The Hall–Kier alpha value is -3.08. The highest BCUT2D eigenvalue weighted by molar-refractivity contribution is 7.92. The molecule has 0 aliphatic rings. The number of anilines is 1. The quantitative estimate of drug-likeness (QED) is 0.245. The van der Waals surface area contributed by atoms with E-state index in [0.717, 1.165) is 21.8 Å². The van der Waals surface area contributed by atoms with Crippen LogP contribution in [0.1, 0.15) is 41.0 Å². The van der Waals surface area contributed by atoms with Crippen molar-refractivity contribution in [3.63, 3.8) is 0 Å². The van der Waals surface area contributed by atoms with E-state index in [9.17, 15) is 8.42 Å². The van der Waals surface area contributed by atoms with Gasteiger partial charge < -0.3 is 18.5 Å². The van der Waals surface area contributed by atoms with E-state index in [1.165, 1.54) is 18.5 Å². The normalized spacial score (nSPS) is 14.8. The number of aryl methyl sites for hydroxylation is 1. The van der Waals surface area contributed by atoms with Gasteiger partial charge in [0.25, 0.3) is 10.0 Å². The van der Waals surface area contributed by atoms with Crippen molar-refractivity contribution in [2.24, 2.45) is 12.5 Å². The Morgan fingerprint density at radius 1 is 0.974 bits per heavy atom. The molecule has 3 radical (unpaired) electrons. The third-order valence-corrected chi connectivity index (χ3v) is 10.2. The molecule has 0 saturated carbocycles. The summed E-state index contributed by atoms with van der Waals surface area (Å²) in [5.74, 6) is 0.466. The summed E-state index contributed by atoms with van der Waals surface area (Å²) >= 11 is 0. The molecule has 2 aromatic carbocycles. The summed E-state index contributed by atoms with van der Waals surface area (Å²) in [6.07, 6.45) is 0.380. The van der Waals surface area contributed by atoms with Gasteiger partial charge in [0.05, 0.1) is 24.7 Å². The number of sulfonamides is 1.